The highest BCUT2D eigenvalue weighted by atomic mass is 19.4. The quantitative estimate of drug-likeness (QED) is 0.564. The van der Waals surface area contributed by atoms with Crippen LogP contribution in [0, 0.1) is 11.8 Å². The molecule has 0 bridgehead atoms. The summed E-state index contributed by atoms with van der Waals surface area (Å²) < 4.78 is 37.3. The molecule has 0 N–H and O–H groups in total. The number of benzene rings is 2. The van der Waals surface area contributed by atoms with Gasteiger partial charge in [0.25, 0.3) is 0 Å². The first kappa shape index (κ1) is 14.9. The monoisotopic (exact) mass is 288 g/mol. The van der Waals surface area contributed by atoms with Gasteiger partial charge < -0.3 is 0 Å². The van der Waals surface area contributed by atoms with Crippen molar-refractivity contribution in [1.82, 2.24) is 0 Å². The van der Waals surface area contributed by atoms with Crippen molar-refractivity contribution >= 4 is 5.78 Å². The average Bonchev–Trinajstić information content (AvgIpc) is 2.45. The second-order valence-corrected chi connectivity index (χ2v) is 4.46. The standard InChI is InChI=1S/C17H11F3O/c1-12(21)15-4-2-3-14(11-15)6-5-13-7-9-16(10-8-13)17(18,19)20/h2-4,7-11H,1H3. The van der Waals surface area contributed by atoms with Gasteiger partial charge in [0.2, 0.25) is 0 Å². The summed E-state index contributed by atoms with van der Waals surface area (Å²) >= 11 is 0. The van der Waals surface area contributed by atoms with Crippen LogP contribution >= 0.6 is 0 Å². The van der Waals surface area contributed by atoms with Crippen LogP contribution in [0.4, 0.5) is 13.2 Å². The van der Waals surface area contributed by atoms with E-state index >= 15 is 0 Å². The molecule has 2 rings (SSSR count). The third-order valence-electron chi connectivity index (χ3n) is 2.83. The van der Waals surface area contributed by atoms with E-state index in [-0.39, 0.29) is 5.78 Å². The van der Waals surface area contributed by atoms with Crippen molar-refractivity contribution in [1.29, 1.82) is 0 Å². The molecular weight excluding hydrogens is 277 g/mol. The lowest BCUT2D eigenvalue weighted by molar-refractivity contribution is -0.137. The van der Waals surface area contributed by atoms with Crippen molar-refractivity contribution in [3.63, 3.8) is 0 Å². The van der Waals surface area contributed by atoms with E-state index < -0.39 is 11.7 Å². The van der Waals surface area contributed by atoms with E-state index in [4.69, 9.17) is 0 Å². The molecule has 2 aromatic carbocycles. The summed E-state index contributed by atoms with van der Waals surface area (Å²) in [7, 11) is 0. The Bertz CT molecular complexity index is 716. The number of hydrogen-bond donors (Lipinski definition) is 0. The molecule has 0 aliphatic rings. The zero-order valence-electron chi connectivity index (χ0n) is 11.2. The second-order valence-electron chi connectivity index (χ2n) is 4.46. The SMILES string of the molecule is CC(=O)c1cccc(C#Cc2ccc(C(F)(F)F)cc2)c1. The third-order valence-corrected chi connectivity index (χ3v) is 2.83. The molecule has 0 aliphatic heterocycles. The predicted molar refractivity (Wildman–Crippen MR) is 73.9 cm³/mol. The largest absolute Gasteiger partial charge is 0.416 e. The Morgan fingerprint density at radius 3 is 2.14 bits per heavy atom. The summed E-state index contributed by atoms with van der Waals surface area (Å²) in [6, 6.07) is 11.4. The number of hydrogen-bond acceptors (Lipinski definition) is 1. The predicted octanol–water partition coefficient (Wildman–Crippen LogP) is 4.31. The molecule has 0 heterocycles. The lowest BCUT2D eigenvalue weighted by Crippen LogP contribution is -2.04. The molecule has 21 heavy (non-hydrogen) atoms. The maximum atomic E-state index is 12.4. The molecule has 0 atom stereocenters. The van der Waals surface area contributed by atoms with E-state index in [9.17, 15) is 18.0 Å². The molecule has 0 fully saturated rings. The Morgan fingerprint density at radius 1 is 0.952 bits per heavy atom. The molecule has 0 amide bonds. The van der Waals surface area contributed by atoms with Gasteiger partial charge in [0.15, 0.2) is 5.78 Å². The van der Waals surface area contributed by atoms with Crippen molar-refractivity contribution in [3.8, 4) is 11.8 Å². The lowest BCUT2D eigenvalue weighted by atomic mass is 10.1. The van der Waals surface area contributed by atoms with Crippen LogP contribution in [0.25, 0.3) is 0 Å². The maximum Gasteiger partial charge on any atom is 0.416 e. The molecule has 0 saturated carbocycles. The van der Waals surface area contributed by atoms with Gasteiger partial charge in [-0.15, -0.1) is 0 Å². The van der Waals surface area contributed by atoms with E-state index in [1.165, 1.54) is 19.1 Å². The Morgan fingerprint density at radius 2 is 1.57 bits per heavy atom. The number of alkyl halides is 3. The Balaban J connectivity index is 2.23. The van der Waals surface area contributed by atoms with Crippen molar-refractivity contribution < 1.29 is 18.0 Å². The zero-order chi connectivity index (χ0) is 15.5. The van der Waals surface area contributed by atoms with Crippen LogP contribution in [0.15, 0.2) is 48.5 Å². The van der Waals surface area contributed by atoms with Gasteiger partial charge >= 0.3 is 6.18 Å². The molecular formula is C17H11F3O. The van der Waals surface area contributed by atoms with Gasteiger partial charge in [-0.25, -0.2) is 0 Å². The second kappa shape index (κ2) is 5.84. The molecule has 2 aromatic rings. The summed E-state index contributed by atoms with van der Waals surface area (Å²) in [6.07, 6.45) is -4.35. The molecule has 0 unspecified atom stereocenters. The lowest BCUT2D eigenvalue weighted by Gasteiger charge is -2.05. The van der Waals surface area contributed by atoms with Gasteiger partial charge in [-0.1, -0.05) is 24.0 Å². The van der Waals surface area contributed by atoms with Gasteiger partial charge in [-0.3, -0.25) is 4.79 Å². The van der Waals surface area contributed by atoms with Crippen molar-refractivity contribution in [2.24, 2.45) is 0 Å². The van der Waals surface area contributed by atoms with Gasteiger partial charge in [0.1, 0.15) is 0 Å². The van der Waals surface area contributed by atoms with Crippen molar-refractivity contribution in [2.75, 3.05) is 0 Å². The highest BCUT2D eigenvalue weighted by Crippen LogP contribution is 2.28. The smallest absolute Gasteiger partial charge is 0.295 e. The number of halogens is 3. The van der Waals surface area contributed by atoms with Crippen LogP contribution in [0.5, 0.6) is 0 Å². The minimum atomic E-state index is -4.35. The summed E-state index contributed by atoms with van der Waals surface area (Å²) in [6.45, 7) is 1.46. The zero-order valence-corrected chi connectivity index (χ0v) is 11.2. The molecule has 1 nitrogen and oxygen atoms in total. The molecule has 0 aliphatic carbocycles. The Hall–Kier alpha value is -2.54. The summed E-state index contributed by atoms with van der Waals surface area (Å²) in [5.41, 5.74) is 0.972. The van der Waals surface area contributed by atoms with Crippen LogP contribution in [0.3, 0.4) is 0 Å². The van der Waals surface area contributed by atoms with E-state index in [0.717, 1.165) is 12.1 Å². The first-order valence-corrected chi connectivity index (χ1v) is 6.16. The summed E-state index contributed by atoms with van der Waals surface area (Å²) in [5.74, 6) is 5.55. The van der Waals surface area contributed by atoms with Crippen molar-refractivity contribution in [3.05, 3.63) is 70.8 Å². The molecule has 0 aromatic heterocycles. The molecule has 4 heteroatoms. The van der Waals surface area contributed by atoms with Gasteiger partial charge in [-0.05, 0) is 43.3 Å². The third kappa shape index (κ3) is 3.96. The number of rotatable bonds is 1. The first-order chi connectivity index (χ1) is 9.86. The molecule has 0 saturated heterocycles. The Kier molecular flexibility index (Phi) is 4.13. The first-order valence-electron chi connectivity index (χ1n) is 6.16. The van der Waals surface area contributed by atoms with Crippen LogP contribution < -0.4 is 0 Å². The van der Waals surface area contributed by atoms with E-state index in [2.05, 4.69) is 11.8 Å². The summed E-state index contributed by atoms with van der Waals surface area (Å²) in [4.78, 5) is 11.2. The minimum absolute atomic E-state index is 0.0619. The minimum Gasteiger partial charge on any atom is -0.295 e. The van der Waals surface area contributed by atoms with E-state index in [0.29, 0.717) is 16.7 Å². The number of ketones is 1. The van der Waals surface area contributed by atoms with Gasteiger partial charge in [-0.2, -0.15) is 13.2 Å². The normalized spacial score (nSPS) is 10.7. The van der Waals surface area contributed by atoms with E-state index in [1.807, 2.05) is 0 Å². The molecule has 0 spiro atoms. The van der Waals surface area contributed by atoms with Crippen LogP contribution in [0.1, 0.15) is 34.0 Å². The van der Waals surface area contributed by atoms with Gasteiger partial charge in [0, 0.05) is 16.7 Å². The Labute approximate surface area is 120 Å². The fraction of sp³-hybridized carbons (Fsp3) is 0.118. The highest BCUT2D eigenvalue weighted by molar-refractivity contribution is 5.94. The van der Waals surface area contributed by atoms with E-state index in [1.54, 1.807) is 24.3 Å². The highest BCUT2D eigenvalue weighted by Gasteiger charge is 2.29. The number of Topliss-reactive ketones (excluding diaryl/α,β-unsaturated/α-hetero) is 1. The fourth-order valence-electron chi connectivity index (χ4n) is 1.70. The van der Waals surface area contributed by atoms with Crippen LogP contribution in [-0.2, 0) is 6.18 Å². The number of carbonyl (C=O) groups excluding carboxylic acids is 1. The summed E-state index contributed by atoms with van der Waals surface area (Å²) in [5, 5.41) is 0. The number of carbonyl (C=O) groups is 1. The van der Waals surface area contributed by atoms with Crippen molar-refractivity contribution in [2.45, 2.75) is 13.1 Å². The molecule has 106 valence electrons. The average molecular weight is 288 g/mol. The van der Waals surface area contributed by atoms with Crippen LogP contribution in [-0.4, -0.2) is 5.78 Å². The fourth-order valence-corrected chi connectivity index (χ4v) is 1.70. The topological polar surface area (TPSA) is 17.1 Å². The van der Waals surface area contributed by atoms with Crippen LogP contribution in [0.2, 0.25) is 0 Å². The molecule has 0 radical (unpaired) electrons. The van der Waals surface area contributed by atoms with Gasteiger partial charge in [0.05, 0.1) is 5.56 Å². The maximum absolute atomic E-state index is 12.4.